The van der Waals surface area contributed by atoms with E-state index in [0.29, 0.717) is 26.2 Å². The molecule has 9 heteroatoms. The molecule has 6 nitrogen and oxygen atoms in total. The first-order chi connectivity index (χ1) is 9.47. The minimum Gasteiger partial charge on any atom is -0.376 e. The lowest BCUT2D eigenvalue weighted by molar-refractivity contribution is -0.147. The van der Waals surface area contributed by atoms with Gasteiger partial charge in [-0.3, -0.25) is 4.79 Å². The SMILES string of the molecule is O=C(NCCc1ccc(S(=O)(=O)Cl)s1)C1COCCO1. The van der Waals surface area contributed by atoms with Gasteiger partial charge in [0.1, 0.15) is 4.21 Å². The zero-order chi connectivity index (χ0) is 14.6. The number of hydrogen-bond acceptors (Lipinski definition) is 6. The van der Waals surface area contributed by atoms with Gasteiger partial charge in [-0.05, 0) is 18.6 Å². The molecule has 20 heavy (non-hydrogen) atoms. The number of rotatable bonds is 5. The van der Waals surface area contributed by atoms with Crippen molar-refractivity contribution in [1.29, 1.82) is 0 Å². The summed E-state index contributed by atoms with van der Waals surface area (Å²) in [7, 11) is 1.57. The number of carbonyl (C=O) groups is 1. The highest BCUT2D eigenvalue weighted by Crippen LogP contribution is 2.24. The lowest BCUT2D eigenvalue weighted by Crippen LogP contribution is -2.43. The highest BCUT2D eigenvalue weighted by atomic mass is 35.7. The number of ether oxygens (including phenoxy) is 2. The van der Waals surface area contributed by atoms with E-state index < -0.39 is 15.2 Å². The van der Waals surface area contributed by atoms with E-state index >= 15 is 0 Å². The van der Waals surface area contributed by atoms with Crippen molar-refractivity contribution >= 4 is 37.0 Å². The van der Waals surface area contributed by atoms with Gasteiger partial charge in [0.25, 0.3) is 15.0 Å². The van der Waals surface area contributed by atoms with Crippen LogP contribution in [0.15, 0.2) is 16.3 Å². The predicted octanol–water partition coefficient (Wildman–Crippen LogP) is 0.750. The molecular formula is C11H14ClNO5S2. The quantitative estimate of drug-likeness (QED) is 0.800. The topological polar surface area (TPSA) is 81.7 Å². The highest BCUT2D eigenvalue weighted by molar-refractivity contribution is 8.15. The third-order valence-corrected chi connectivity index (χ3v) is 5.89. The first kappa shape index (κ1) is 15.7. The van der Waals surface area contributed by atoms with Crippen LogP contribution in [0.5, 0.6) is 0 Å². The molecule has 0 spiro atoms. The lowest BCUT2D eigenvalue weighted by atomic mass is 10.3. The van der Waals surface area contributed by atoms with Crippen LogP contribution in [-0.2, 0) is 29.7 Å². The molecule has 0 aliphatic carbocycles. The van der Waals surface area contributed by atoms with Crippen LogP contribution in [0.3, 0.4) is 0 Å². The van der Waals surface area contributed by atoms with Gasteiger partial charge in [0.05, 0.1) is 19.8 Å². The van der Waals surface area contributed by atoms with Gasteiger partial charge < -0.3 is 14.8 Å². The first-order valence-corrected chi connectivity index (χ1v) is 9.10. The maximum atomic E-state index is 11.7. The maximum absolute atomic E-state index is 11.7. The second kappa shape index (κ2) is 6.86. The fourth-order valence-electron chi connectivity index (χ4n) is 1.69. The van der Waals surface area contributed by atoms with Gasteiger partial charge in [-0.25, -0.2) is 8.42 Å². The molecule has 0 bridgehead atoms. The van der Waals surface area contributed by atoms with Crippen molar-refractivity contribution < 1.29 is 22.7 Å². The molecular weight excluding hydrogens is 326 g/mol. The number of carbonyl (C=O) groups excluding carboxylic acids is 1. The third-order valence-electron chi connectivity index (χ3n) is 2.66. The van der Waals surface area contributed by atoms with Crippen molar-refractivity contribution in [3.8, 4) is 0 Å². The summed E-state index contributed by atoms with van der Waals surface area (Å²) >= 11 is 1.10. The van der Waals surface area contributed by atoms with E-state index in [2.05, 4.69) is 5.32 Å². The Morgan fingerprint density at radius 1 is 1.45 bits per heavy atom. The summed E-state index contributed by atoms with van der Waals surface area (Å²) in [6.07, 6.45) is -0.0259. The molecule has 1 aromatic rings. The maximum Gasteiger partial charge on any atom is 0.270 e. The van der Waals surface area contributed by atoms with E-state index in [0.717, 1.165) is 16.2 Å². The molecule has 2 heterocycles. The zero-order valence-corrected chi connectivity index (χ0v) is 12.9. The van der Waals surface area contributed by atoms with E-state index in [1.54, 1.807) is 6.07 Å². The summed E-state index contributed by atoms with van der Waals surface area (Å²) in [5, 5.41) is 2.73. The number of thiophene rings is 1. The molecule has 0 radical (unpaired) electrons. The summed E-state index contributed by atoms with van der Waals surface area (Å²) in [6, 6.07) is 3.15. The summed E-state index contributed by atoms with van der Waals surface area (Å²) in [5.74, 6) is -0.216. The Morgan fingerprint density at radius 2 is 2.25 bits per heavy atom. The second-order valence-corrected chi connectivity index (χ2v) is 8.10. The first-order valence-electron chi connectivity index (χ1n) is 5.97. The fraction of sp³-hybridized carbons (Fsp3) is 0.545. The Hall–Kier alpha value is -0.670. The van der Waals surface area contributed by atoms with Crippen LogP contribution in [0.25, 0.3) is 0 Å². The van der Waals surface area contributed by atoms with Crippen molar-refractivity contribution in [3.05, 3.63) is 17.0 Å². The fourth-order valence-corrected chi connectivity index (χ4v) is 3.81. The summed E-state index contributed by atoms with van der Waals surface area (Å²) < 4.78 is 32.7. The Labute approximate surface area is 125 Å². The molecule has 1 aromatic heterocycles. The van der Waals surface area contributed by atoms with Crippen molar-refractivity contribution in [2.24, 2.45) is 0 Å². The van der Waals surface area contributed by atoms with Crippen molar-refractivity contribution in [3.63, 3.8) is 0 Å². The molecule has 1 fully saturated rings. The molecule has 1 aliphatic heterocycles. The Kier molecular flexibility index (Phi) is 5.39. The molecule has 0 aromatic carbocycles. The Morgan fingerprint density at radius 3 is 2.85 bits per heavy atom. The average molecular weight is 340 g/mol. The standard InChI is InChI=1S/C11H14ClNO5S2/c12-20(15,16)10-2-1-8(19-10)3-4-13-11(14)9-7-17-5-6-18-9/h1-2,9H,3-7H2,(H,13,14). The van der Waals surface area contributed by atoms with Gasteiger partial charge in [-0.2, -0.15) is 0 Å². The van der Waals surface area contributed by atoms with Crippen molar-refractivity contribution in [2.45, 2.75) is 16.7 Å². The van der Waals surface area contributed by atoms with Crippen LogP contribution >= 0.6 is 22.0 Å². The number of amides is 1. The van der Waals surface area contributed by atoms with E-state index in [9.17, 15) is 13.2 Å². The highest BCUT2D eigenvalue weighted by Gasteiger charge is 2.22. The number of nitrogens with one attached hydrogen (secondary N) is 1. The zero-order valence-electron chi connectivity index (χ0n) is 10.5. The van der Waals surface area contributed by atoms with Gasteiger partial charge in [0.15, 0.2) is 6.10 Å². The Bertz CT molecular complexity index is 565. The normalized spacial score (nSPS) is 19.8. The molecule has 0 saturated carbocycles. The van der Waals surface area contributed by atoms with Crippen LogP contribution in [0.2, 0.25) is 0 Å². The van der Waals surface area contributed by atoms with Crippen LogP contribution < -0.4 is 5.32 Å². The van der Waals surface area contributed by atoms with E-state index in [4.69, 9.17) is 20.2 Å². The molecule has 1 amide bonds. The largest absolute Gasteiger partial charge is 0.376 e. The lowest BCUT2D eigenvalue weighted by Gasteiger charge is -2.21. The van der Waals surface area contributed by atoms with Gasteiger partial charge in [0.2, 0.25) is 0 Å². The molecule has 1 aliphatic rings. The van der Waals surface area contributed by atoms with E-state index in [1.807, 2.05) is 0 Å². The molecule has 1 N–H and O–H groups in total. The van der Waals surface area contributed by atoms with E-state index in [1.165, 1.54) is 6.07 Å². The summed E-state index contributed by atoms with van der Waals surface area (Å²) in [6.45, 7) is 1.59. The average Bonchev–Trinajstić information content (AvgIpc) is 2.88. The molecule has 112 valence electrons. The van der Waals surface area contributed by atoms with Crippen LogP contribution in [0.1, 0.15) is 4.88 Å². The number of halogens is 1. The van der Waals surface area contributed by atoms with Crippen LogP contribution in [0, 0.1) is 0 Å². The second-order valence-electron chi connectivity index (χ2n) is 4.13. The van der Waals surface area contributed by atoms with Crippen molar-refractivity contribution in [2.75, 3.05) is 26.4 Å². The van der Waals surface area contributed by atoms with Crippen molar-refractivity contribution in [1.82, 2.24) is 5.32 Å². The summed E-state index contributed by atoms with van der Waals surface area (Å²) in [4.78, 5) is 12.6. The summed E-state index contributed by atoms with van der Waals surface area (Å²) in [5.41, 5.74) is 0. The molecule has 1 unspecified atom stereocenters. The van der Waals surface area contributed by atoms with E-state index in [-0.39, 0.29) is 16.7 Å². The van der Waals surface area contributed by atoms with Gasteiger partial charge >= 0.3 is 0 Å². The van der Waals surface area contributed by atoms with Gasteiger partial charge in [0, 0.05) is 22.1 Å². The predicted molar refractivity (Wildman–Crippen MR) is 74.6 cm³/mol. The number of hydrogen-bond donors (Lipinski definition) is 1. The monoisotopic (exact) mass is 339 g/mol. The molecule has 1 saturated heterocycles. The molecule has 2 rings (SSSR count). The van der Waals surface area contributed by atoms with Crippen LogP contribution in [0.4, 0.5) is 0 Å². The van der Waals surface area contributed by atoms with Gasteiger partial charge in [-0.1, -0.05) is 0 Å². The molecule has 1 atom stereocenters. The third kappa shape index (κ3) is 4.42. The van der Waals surface area contributed by atoms with Crippen LogP contribution in [-0.4, -0.2) is 46.8 Å². The Balaban J connectivity index is 1.78. The smallest absolute Gasteiger partial charge is 0.270 e. The minimum atomic E-state index is -3.67. The minimum absolute atomic E-state index is 0.115. The van der Waals surface area contributed by atoms with Gasteiger partial charge in [-0.15, -0.1) is 11.3 Å².